The van der Waals surface area contributed by atoms with Crippen LogP contribution in [0.4, 0.5) is 8.78 Å². The van der Waals surface area contributed by atoms with Crippen molar-refractivity contribution < 1.29 is 13.0 Å². The van der Waals surface area contributed by atoms with E-state index in [1.54, 1.807) is 7.05 Å². The number of nitrogens with one attached hydrogen (secondary N) is 1. The summed E-state index contributed by atoms with van der Waals surface area (Å²) >= 11 is 0. The molecule has 0 aliphatic carbocycles. The van der Waals surface area contributed by atoms with Gasteiger partial charge in [0.15, 0.2) is 0 Å². The van der Waals surface area contributed by atoms with E-state index in [1.807, 2.05) is 13.8 Å². The van der Waals surface area contributed by atoms with Crippen LogP contribution in [0.1, 0.15) is 20.3 Å². The van der Waals surface area contributed by atoms with Gasteiger partial charge in [0.2, 0.25) is 0 Å². The van der Waals surface area contributed by atoms with E-state index in [9.17, 15) is 13.0 Å². The maximum atomic E-state index is 13.5. The third-order valence-corrected chi connectivity index (χ3v) is 4.64. The van der Waals surface area contributed by atoms with Crippen molar-refractivity contribution in [3.05, 3.63) is 29.8 Å². The van der Waals surface area contributed by atoms with Crippen LogP contribution in [-0.4, -0.2) is 23.1 Å². The first-order valence-corrected chi connectivity index (χ1v) is 7.32. The molecule has 1 rings (SSSR count). The third kappa shape index (κ3) is 3.85. The maximum Gasteiger partial charge on any atom is 0.139 e. The summed E-state index contributed by atoms with van der Waals surface area (Å²) in [6, 6.07) is 3.08. The zero-order chi connectivity index (χ0) is 13.7. The van der Waals surface area contributed by atoms with Gasteiger partial charge in [-0.05, 0) is 31.2 Å². The van der Waals surface area contributed by atoms with Gasteiger partial charge in [-0.25, -0.2) is 8.78 Å². The van der Waals surface area contributed by atoms with Crippen LogP contribution in [0.2, 0.25) is 0 Å². The molecule has 1 aromatic carbocycles. The zero-order valence-corrected chi connectivity index (χ0v) is 11.7. The van der Waals surface area contributed by atoms with Crippen LogP contribution in [0.15, 0.2) is 23.1 Å². The molecule has 1 aromatic rings. The summed E-state index contributed by atoms with van der Waals surface area (Å²) in [6.07, 6.45) is 0.939. The van der Waals surface area contributed by atoms with Crippen LogP contribution in [0, 0.1) is 17.6 Å². The first kappa shape index (κ1) is 15.2. The molecular formula is C13H19F2NOS. The minimum absolute atomic E-state index is 0.0264. The minimum atomic E-state index is -1.53. The van der Waals surface area contributed by atoms with Crippen LogP contribution in [0.25, 0.3) is 0 Å². The quantitative estimate of drug-likeness (QED) is 0.865. The van der Waals surface area contributed by atoms with E-state index < -0.39 is 22.4 Å². The normalized spacial score (nSPS) is 16.3. The van der Waals surface area contributed by atoms with Gasteiger partial charge in [-0.15, -0.1) is 0 Å². The molecule has 0 fully saturated rings. The second-order valence-corrected chi connectivity index (χ2v) is 5.83. The maximum absolute atomic E-state index is 13.5. The van der Waals surface area contributed by atoms with Gasteiger partial charge in [-0.1, -0.05) is 20.3 Å². The Kier molecular flexibility index (Phi) is 5.88. The lowest BCUT2D eigenvalue weighted by Crippen LogP contribution is -2.37. The monoisotopic (exact) mass is 275 g/mol. The van der Waals surface area contributed by atoms with Gasteiger partial charge in [0.05, 0.1) is 15.7 Å². The van der Waals surface area contributed by atoms with E-state index in [4.69, 9.17) is 0 Å². The molecule has 0 radical (unpaired) electrons. The second kappa shape index (κ2) is 6.95. The van der Waals surface area contributed by atoms with E-state index in [0.717, 1.165) is 24.6 Å². The van der Waals surface area contributed by atoms with Gasteiger partial charge in [0.25, 0.3) is 0 Å². The molecule has 3 atom stereocenters. The molecule has 5 heteroatoms. The molecule has 2 nitrogen and oxygen atoms in total. The van der Waals surface area contributed by atoms with Crippen molar-refractivity contribution in [3.63, 3.8) is 0 Å². The Morgan fingerprint density at radius 2 is 2.06 bits per heavy atom. The summed E-state index contributed by atoms with van der Waals surface area (Å²) < 4.78 is 38.6. The van der Waals surface area contributed by atoms with Crippen molar-refractivity contribution in [2.75, 3.05) is 12.8 Å². The molecule has 0 amide bonds. The van der Waals surface area contributed by atoms with Crippen LogP contribution in [0.5, 0.6) is 0 Å². The van der Waals surface area contributed by atoms with Crippen LogP contribution in [0.3, 0.4) is 0 Å². The average molecular weight is 275 g/mol. The molecule has 1 N–H and O–H groups in total. The predicted molar refractivity (Wildman–Crippen MR) is 69.9 cm³/mol. The molecule has 0 heterocycles. The Balaban J connectivity index is 2.84. The van der Waals surface area contributed by atoms with E-state index in [2.05, 4.69) is 5.32 Å². The molecule has 18 heavy (non-hydrogen) atoms. The summed E-state index contributed by atoms with van der Waals surface area (Å²) in [5.74, 6) is -0.570. The predicted octanol–water partition coefficient (Wildman–Crippen LogP) is 2.71. The van der Waals surface area contributed by atoms with Crippen LogP contribution >= 0.6 is 0 Å². The lowest BCUT2D eigenvalue weighted by Gasteiger charge is -2.22. The van der Waals surface area contributed by atoms with Crippen molar-refractivity contribution in [1.29, 1.82) is 0 Å². The number of halogens is 2. The molecule has 0 aliphatic rings. The highest BCUT2D eigenvalue weighted by Gasteiger charge is 2.20. The number of benzene rings is 1. The van der Waals surface area contributed by atoms with E-state index >= 15 is 0 Å². The first-order valence-electron chi connectivity index (χ1n) is 6.00. The van der Waals surface area contributed by atoms with Gasteiger partial charge in [-0.2, -0.15) is 0 Å². The molecule has 102 valence electrons. The molecule has 0 aromatic heterocycles. The van der Waals surface area contributed by atoms with Crippen molar-refractivity contribution >= 4 is 10.8 Å². The largest absolute Gasteiger partial charge is 0.316 e. The Labute approximate surface area is 109 Å². The van der Waals surface area contributed by atoms with Crippen molar-refractivity contribution in [1.82, 2.24) is 5.32 Å². The smallest absolute Gasteiger partial charge is 0.139 e. The molecule has 0 aliphatic heterocycles. The Morgan fingerprint density at radius 1 is 1.39 bits per heavy atom. The highest BCUT2D eigenvalue weighted by atomic mass is 32.2. The van der Waals surface area contributed by atoms with Gasteiger partial charge in [0.1, 0.15) is 11.6 Å². The standard InChI is InChI=1S/C13H19F2NOS/c1-4-9(2)12(16-3)8-18(17)13-7-10(14)5-6-11(13)15/h5-7,9,12,16H,4,8H2,1-3H3. The fourth-order valence-corrected chi connectivity index (χ4v) is 3.25. The minimum Gasteiger partial charge on any atom is -0.316 e. The fraction of sp³-hybridized carbons (Fsp3) is 0.538. The fourth-order valence-electron chi connectivity index (χ4n) is 1.72. The van der Waals surface area contributed by atoms with Gasteiger partial charge in [0, 0.05) is 11.8 Å². The van der Waals surface area contributed by atoms with Gasteiger partial charge in [-0.3, -0.25) is 4.21 Å². The molecular weight excluding hydrogens is 256 g/mol. The SMILES string of the molecule is CCC(C)C(CS(=O)c1cc(F)ccc1F)NC. The molecule has 0 saturated heterocycles. The molecule has 3 unspecified atom stereocenters. The molecule has 0 saturated carbocycles. The summed E-state index contributed by atoms with van der Waals surface area (Å²) in [7, 11) is 0.253. The second-order valence-electron chi connectivity index (χ2n) is 4.37. The average Bonchev–Trinajstić information content (AvgIpc) is 2.37. The van der Waals surface area contributed by atoms with Crippen molar-refractivity contribution in [2.24, 2.45) is 5.92 Å². The Hall–Kier alpha value is -0.810. The van der Waals surface area contributed by atoms with Crippen LogP contribution in [-0.2, 0) is 10.8 Å². The zero-order valence-electron chi connectivity index (χ0n) is 10.9. The van der Waals surface area contributed by atoms with Crippen molar-refractivity contribution in [2.45, 2.75) is 31.2 Å². The molecule has 0 spiro atoms. The van der Waals surface area contributed by atoms with E-state index in [-0.39, 0.29) is 16.7 Å². The lowest BCUT2D eigenvalue weighted by molar-refractivity contribution is 0.417. The summed E-state index contributed by atoms with van der Waals surface area (Å²) in [5, 5.41) is 3.08. The number of rotatable bonds is 6. The van der Waals surface area contributed by atoms with E-state index in [1.165, 1.54) is 0 Å². The number of hydrogen-bond acceptors (Lipinski definition) is 2. The van der Waals surface area contributed by atoms with Crippen molar-refractivity contribution in [3.8, 4) is 0 Å². The van der Waals surface area contributed by atoms with Gasteiger partial charge >= 0.3 is 0 Å². The summed E-state index contributed by atoms with van der Waals surface area (Å²) in [6.45, 7) is 4.08. The van der Waals surface area contributed by atoms with E-state index in [0.29, 0.717) is 5.92 Å². The summed E-state index contributed by atoms with van der Waals surface area (Å²) in [4.78, 5) is -0.0569. The molecule has 0 bridgehead atoms. The summed E-state index contributed by atoms with van der Waals surface area (Å²) in [5.41, 5.74) is 0. The highest BCUT2D eigenvalue weighted by molar-refractivity contribution is 7.85. The Bertz CT molecular complexity index is 425. The topological polar surface area (TPSA) is 29.1 Å². The highest BCUT2D eigenvalue weighted by Crippen LogP contribution is 2.17. The lowest BCUT2D eigenvalue weighted by atomic mass is 10.0. The third-order valence-electron chi connectivity index (χ3n) is 3.17. The number of hydrogen-bond donors (Lipinski definition) is 1. The van der Waals surface area contributed by atoms with Crippen LogP contribution < -0.4 is 5.32 Å². The van der Waals surface area contributed by atoms with Gasteiger partial charge < -0.3 is 5.32 Å². The first-order chi connectivity index (χ1) is 8.49. The Morgan fingerprint density at radius 3 is 2.61 bits per heavy atom.